The van der Waals surface area contributed by atoms with Gasteiger partial charge in [0.15, 0.2) is 0 Å². The molecule has 0 fully saturated rings. The van der Waals surface area contributed by atoms with Gasteiger partial charge >= 0.3 is 42.8 Å². The van der Waals surface area contributed by atoms with Crippen molar-refractivity contribution in [3.05, 3.63) is 0 Å². The molecule has 0 rings (SSSR count). The van der Waals surface area contributed by atoms with Crippen LogP contribution in [0.25, 0.3) is 0 Å². The monoisotopic (exact) mass is 320 g/mol. The minimum absolute atomic E-state index is 0. The third-order valence-corrected chi connectivity index (χ3v) is 2.28. The molecule has 19 heavy (non-hydrogen) atoms. The van der Waals surface area contributed by atoms with E-state index in [1.165, 1.54) is 0 Å². The fourth-order valence-electron chi connectivity index (χ4n) is 0.720. The summed E-state index contributed by atoms with van der Waals surface area (Å²) in [6, 6.07) is 0. The van der Waals surface area contributed by atoms with Crippen molar-refractivity contribution in [3.63, 3.8) is 0 Å². The standard InChI is InChI=1S/C5H3F9O3S.Li/c6-2(7,1-18(15,16)17)3(8,9)4(10,11)5(12,13)14;/h1H2,(H,15,16,17);/q;+1/p-1. The Kier molecular flexibility index (Phi) is 5.95. The fourth-order valence-corrected chi connectivity index (χ4v) is 1.35. The van der Waals surface area contributed by atoms with Gasteiger partial charge in [-0.25, -0.2) is 8.42 Å². The van der Waals surface area contributed by atoms with Crippen molar-refractivity contribution in [1.29, 1.82) is 0 Å². The smallest absolute Gasteiger partial charge is 0.748 e. The minimum atomic E-state index is -7.20. The molecular formula is C5H2F9LiO3S. The number of halogens is 9. The van der Waals surface area contributed by atoms with Crippen LogP contribution in [-0.4, -0.2) is 42.7 Å². The summed E-state index contributed by atoms with van der Waals surface area (Å²) in [5.41, 5.74) is 0. The van der Waals surface area contributed by atoms with Crippen LogP contribution in [0.2, 0.25) is 0 Å². The summed E-state index contributed by atoms with van der Waals surface area (Å²) in [5, 5.41) is 0. The number of hydrogen-bond donors (Lipinski definition) is 0. The molecule has 0 bridgehead atoms. The molecular weight excluding hydrogens is 318 g/mol. The van der Waals surface area contributed by atoms with Crippen molar-refractivity contribution >= 4 is 10.1 Å². The van der Waals surface area contributed by atoms with Gasteiger partial charge < -0.3 is 4.55 Å². The zero-order valence-corrected chi connectivity index (χ0v) is 9.56. The molecule has 14 heteroatoms. The van der Waals surface area contributed by atoms with E-state index in [-0.39, 0.29) is 18.9 Å². The molecule has 0 saturated carbocycles. The van der Waals surface area contributed by atoms with Crippen molar-refractivity contribution in [3.8, 4) is 0 Å². The predicted octanol–water partition coefficient (Wildman–Crippen LogP) is -0.996. The van der Waals surface area contributed by atoms with Gasteiger partial charge in [0.1, 0.15) is 15.9 Å². The summed E-state index contributed by atoms with van der Waals surface area (Å²) in [5.74, 6) is -24.1. The van der Waals surface area contributed by atoms with Gasteiger partial charge in [0.05, 0.1) is 0 Å². The summed E-state index contributed by atoms with van der Waals surface area (Å²) in [7, 11) is -6.15. The molecule has 0 aromatic heterocycles. The second-order valence-electron chi connectivity index (χ2n) is 3.05. The Morgan fingerprint density at radius 2 is 1.11 bits per heavy atom. The van der Waals surface area contributed by atoms with Gasteiger partial charge in [-0.3, -0.25) is 0 Å². The number of hydrogen-bond acceptors (Lipinski definition) is 3. The first kappa shape index (κ1) is 21.2. The first-order chi connectivity index (χ1) is 7.46. The van der Waals surface area contributed by atoms with Crippen molar-refractivity contribution in [2.45, 2.75) is 23.9 Å². The summed E-state index contributed by atoms with van der Waals surface area (Å²) >= 11 is 0. The molecule has 0 aromatic carbocycles. The first-order valence-corrected chi connectivity index (χ1v) is 5.17. The number of rotatable bonds is 4. The second-order valence-corrected chi connectivity index (χ2v) is 4.46. The molecule has 0 heterocycles. The Labute approximate surface area is 112 Å². The molecule has 0 unspecified atom stereocenters. The molecule has 0 N–H and O–H groups in total. The maximum absolute atomic E-state index is 12.4. The molecule has 0 atom stereocenters. The summed E-state index contributed by atoms with van der Waals surface area (Å²) < 4.78 is 138. The van der Waals surface area contributed by atoms with E-state index in [4.69, 9.17) is 0 Å². The zero-order valence-electron chi connectivity index (χ0n) is 8.74. The van der Waals surface area contributed by atoms with Crippen molar-refractivity contribution in [2.75, 3.05) is 5.75 Å². The molecule has 0 aliphatic heterocycles. The third kappa shape index (κ3) is 4.17. The topological polar surface area (TPSA) is 57.2 Å². The average molecular weight is 320 g/mol. The van der Waals surface area contributed by atoms with Crippen LogP contribution in [0.3, 0.4) is 0 Å². The minimum Gasteiger partial charge on any atom is -0.748 e. The van der Waals surface area contributed by atoms with Crippen LogP contribution in [0.4, 0.5) is 39.5 Å². The molecule has 0 radical (unpaired) electrons. The van der Waals surface area contributed by atoms with Crippen LogP contribution >= 0.6 is 0 Å². The Morgan fingerprint density at radius 1 is 0.789 bits per heavy atom. The Bertz CT molecular complexity index is 414. The van der Waals surface area contributed by atoms with E-state index in [1.807, 2.05) is 0 Å². The van der Waals surface area contributed by atoms with Gasteiger partial charge in [-0.15, -0.1) is 0 Å². The summed E-state index contributed by atoms with van der Waals surface area (Å²) in [6.07, 6.45) is -7.05. The largest absolute Gasteiger partial charge is 1.00 e. The van der Waals surface area contributed by atoms with E-state index in [2.05, 4.69) is 0 Å². The average Bonchev–Trinajstić information content (AvgIpc) is 1.95. The first-order valence-electron chi connectivity index (χ1n) is 3.59. The van der Waals surface area contributed by atoms with E-state index in [0.29, 0.717) is 0 Å². The van der Waals surface area contributed by atoms with E-state index < -0.39 is 39.8 Å². The van der Waals surface area contributed by atoms with E-state index in [1.54, 1.807) is 0 Å². The van der Waals surface area contributed by atoms with Crippen molar-refractivity contribution < 1.29 is 71.3 Å². The third-order valence-electron chi connectivity index (χ3n) is 1.57. The van der Waals surface area contributed by atoms with Gasteiger partial charge in [-0.2, -0.15) is 39.5 Å². The summed E-state index contributed by atoms with van der Waals surface area (Å²) in [4.78, 5) is 0. The molecule has 0 saturated heterocycles. The van der Waals surface area contributed by atoms with Crippen LogP contribution in [0, 0.1) is 0 Å². The Morgan fingerprint density at radius 3 is 1.32 bits per heavy atom. The number of alkyl halides is 9. The zero-order chi connectivity index (χ0) is 15.2. The molecule has 0 spiro atoms. The molecule has 0 aliphatic carbocycles. The molecule has 0 aliphatic rings. The molecule has 3 nitrogen and oxygen atoms in total. The predicted molar refractivity (Wildman–Crippen MR) is 35.5 cm³/mol. The van der Waals surface area contributed by atoms with Crippen LogP contribution < -0.4 is 18.9 Å². The molecule has 110 valence electrons. The van der Waals surface area contributed by atoms with Crippen LogP contribution in [-0.2, 0) is 10.1 Å². The van der Waals surface area contributed by atoms with E-state index >= 15 is 0 Å². The maximum atomic E-state index is 12.4. The van der Waals surface area contributed by atoms with Gasteiger partial charge in [0, 0.05) is 0 Å². The second kappa shape index (κ2) is 5.34. The van der Waals surface area contributed by atoms with Gasteiger partial charge in [0.25, 0.3) is 0 Å². The van der Waals surface area contributed by atoms with E-state index in [9.17, 15) is 52.5 Å². The van der Waals surface area contributed by atoms with E-state index in [0.717, 1.165) is 0 Å². The Hall–Kier alpha value is -0.123. The van der Waals surface area contributed by atoms with Gasteiger partial charge in [-0.1, -0.05) is 0 Å². The fraction of sp³-hybridized carbons (Fsp3) is 1.00. The quantitative estimate of drug-likeness (QED) is 0.379. The van der Waals surface area contributed by atoms with Crippen molar-refractivity contribution in [1.82, 2.24) is 0 Å². The van der Waals surface area contributed by atoms with Gasteiger partial charge in [0.2, 0.25) is 0 Å². The molecule has 0 amide bonds. The van der Waals surface area contributed by atoms with Crippen LogP contribution in [0.15, 0.2) is 0 Å². The van der Waals surface area contributed by atoms with Crippen molar-refractivity contribution in [2.24, 2.45) is 0 Å². The van der Waals surface area contributed by atoms with Crippen LogP contribution in [0.5, 0.6) is 0 Å². The normalized spacial score (nSPS) is 15.1. The maximum Gasteiger partial charge on any atom is 1.00 e. The van der Waals surface area contributed by atoms with Gasteiger partial charge in [-0.05, 0) is 0 Å². The SMILES string of the molecule is O=S(=O)([O-])CC(F)(F)C(F)(F)C(F)(F)C(F)(F)F.[Li+]. The van der Waals surface area contributed by atoms with Crippen LogP contribution in [0.1, 0.15) is 0 Å². The molecule has 0 aromatic rings. The summed E-state index contributed by atoms with van der Waals surface area (Å²) in [6.45, 7) is 0. The Balaban J connectivity index is 0.